The molecule has 0 aliphatic carbocycles. The van der Waals surface area contributed by atoms with Crippen molar-refractivity contribution in [3.8, 4) is 5.75 Å². The van der Waals surface area contributed by atoms with Gasteiger partial charge in [-0.25, -0.2) is 0 Å². The number of nitrogens with one attached hydrogen (secondary N) is 1. The number of carbonyl (C=O) groups is 1. The number of para-hydroxylation sites is 1. The van der Waals surface area contributed by atoms with E-state index in [1.54, 1.807) is 0 Å². The van der Waals surface area contributed by atoms with Crippen LogP contribution in [0.2, 0.25) is 0 Å². The van der Waals surface area contributed by atoms with Crippen LogP contribution < -0.4 is 10.1 Å². The van der Waals surface area contributed by atoms with E-state index in [1.165, 1.54) is 0 Å². The van der Waals surface area contributed by atoms with E-state index in [9.17, 15) is 4.79 Å². The van der Waals surface area contributed by atoms with Crippen molar-refractivity contribution < 1.29 is 9.53 Å². The third kappa shape index (κ3) is 3.38. The van der Waals surface area contributed by atoms with Crippen molar-refractivity contribution in [2.45, 2.75) is 12.5 Å². The summed E-state index contributed by atoms with van der Waals surface area (Å²) in [5, 5.41) is 3.12. The molecule has 0 spiro atoms. The normalized spacial score (nSPS) is 16.9. The lowest BCUT2D eigenvalue weighted by atomic mass is 9.93. The van der Waals surface area contributed by atoms with Crippen LogP contribution in [0.5, 0.6) is 5.75 Å². The second-order valence-electron chi connectivity index (χ2n) is 6.22. The van der Waals surface area contributed by atoms with Crippen LogP contribution in [0.4, 0.5) is 0 Å². The lowest BCUT2D eigenvalue weighted by molar-refractivity contribution is -0.116. The molecule has 0 saturated heterocycles. The van der Waals surface area contributed by atoms with Crippen LogP contribution in [0.1, 0.15) is 23.6 Å². The maximum atomic E-state index is 12.9. The molecular formula is C23H19NO2. The van der Waals surface area contributed by atoms with Gasteiger partial charge in [0.25, 0.3) is 5.91 Å². The zero-order valence-corrected chi connectivity index (χ0v) is 14.3. The van der Waals surface area contributed by atoms with Crippen molar-refractivity contribution in [1.29, 1.82) is 0 Å². The Bertz CT molecular complexity index is 918. The quantitative estimate of drug-likeness (QED) is 0.744. The second-order valence-corrected chi connectivity index (χ2v) is 6.22. The van der Waals surface area contributed by atoms with E-state index in [2.05, 4.69) is 5.32 Å². The number of amides is 1. The minimum absolute atomic E-state index is 0.102. The molecule has 1 atom stereocenters. The van der Waals surface area contributed by atoms with Gasteiger partial charge in [0, 0.05) is 6.42 Å². The number of benzene rings is 3. The van der Waals surface area contributed by atoms with Gasteiger partial charge in [-0.2, -0.15) is 0 Å². The number of rotatable bonds is 4. The maximum Gasteiger partial charge on any atom is 0.255 e. The molecule has 0 saturated carbocycles. The first-order valence-electron chi connectivity index (χ1n) is 8.68. The highest BCUT2D eigenvalue weighted by molar-refractivity contribution is 6.21. The van der Waals surface area contributed by atoms with E-state index in [0.717, 1.165) is 16.9 Å². The highest BCUT2D eigenvalue weighted by atomic mass is 16.5. The average Bonchev–Trinajstić information content (AvgIpc) is 2.70. The monoisotopic (exact) mass is 341 g/mol. The fourth-order valence-electron chi connectivity index (χ4n) is 3.20. The summed E-state index contributed by atoms with van der Waals surface area (Å²) in [6.07, 6.45) is 0.606. The number of ether oxygens (including phenoxy) is 1. The Kier molecular flexibility index (Phi) is 4.52. The Morgan fingerprint density at radius 2 is 1.35 bits per heavy atom. The molecule has 1 heterocycles. The van der Waals surface area contributed by atoms with Crippen LogP contribution in [0, 0.1) is 0 Å². The summed E-state index contributed by atoms with van der Waals surface area (Å²) in [5.74, 6) is 1.32. The lowest BCUT2D eigenvalue weighted by Gasteiger charge is -2.28. The Balaban J connectivity index is 1.75. The third-order valence-electron chi connectivity index (χ3n) is 4.45. The molecule has 4 rings (SSSR count). The minimum Gasteiger partial charge on any atom is -0.461 e. The smallest absolute Gasteiger partial charge is 0.255 e. The van der Waals surface area contributed by atoms with Crippen molar-refractivity contribution in [3.05, 3.63) is 108 Å². The van der Waals surface area contributed by atoms with Gasteiger partial charge in [-0.05, 0) is 23.3 Å². The second kappa shape index (κ2) is 7.28. The van der Waals surface area contributed by atoms with Crippen molar-refractivity contribution in [3.63, 3.8) is 0 Å². The van der Waals surface area contributed by atoms with Gasteiger partial charge in [-0.1, -0.05) is 78.9 Å². The average molecular weight is 341 g/mol. The SMILES string of the molecule is O=C1NC(c2ccccc2)CC(Oc2ccccc2)=C1c1ccccc1. The predicted octanol–water partition coefficient (Wildman–Crippen LogP) is 4.74. The van der Waals surface area contributed by atoms with E-state index < -0.39 is 0 Å². The summed E-state index contributed by atoms with van der Waals surface area (Å²) in [4.78, 5) is 12.9. The van der Waals surface area contributed by atoms with Crippen LogP contribution >= 0.6 is 0 Å². The Hall–Kier alpha value is -3.33. The largest absolute Gasteiger partial charge is 0.461 e. The summed E-state index contributed by atoms with van der Waals surface area (Å²) < 4.78 is 6.16. The zero-order valence-electron chi connectivity index (χ0n) is 14.3. The van der Waals surface area contributed by atoms with E-state index >= 15 is 0 Å². The molecule has 0 radical (unpaired) electrons. The Morgan fingerprint density at radius 3 is 2.00 bits per heavy atom. The molecule has 128 valence electrons. The van der Waals surface area contributed by atoms with Crippen LogP contribution in [-0.2, 0) is 4.79 Å². The van der Waals surface area contributed by atoms with Crippen molar-refractivity contribution >= 4 is 11.5 Å². The van der Waals surface area contributed by atoms with Crippen molar-refractivity contribution in [2.24, 2.45) is 0 Å². The fraction of sp³-hybridized carbons (Fsp3) is 0.0870. The maximum absolute atomic E-state index is 12.9. The van der Waals surface area contributed by atoms with Gasteiger partial charge >= 0.3 is 0 Å². The van der Waals surface area contributed by atoms with E-state index in [-0.39, 0.29) is 11.9 Å². The van der Waals surface area contributed by atoms with Crippen LogP contribution in [0.3, 0.4) is 0 Å². The first-order chi connectivity index (χ1) is 12.8. The molecule has 0 aromatic heterocycles. The molecule has 0 bridgehead atoms. The predicted molar refractivity (Wildman–Crippen MR) is 102 cm³/mol. The third-order valence-corrected chi connectivity index (χ3v) is 4.45. The van der Waals surface area contributed by atoms with E-state index in [1.807, 2.05) is 91.0 Å². The molecule has 26 heavy (non-hydrogen) atoms. The minimum atomic E-state index is -0.109. The first kappa shape index (κ1) is 16.2. The van der Waals surface area contributed by atoms with Crippen molar-refractivity contribution in [1.82, 2.24) is 5.32 Å². The van der Waals surface area contributed by atoms with Crippen LogP contribution in [0.25, 0.3) is 5.57 Å². The molecule has 1 N–H and O–H groups in total. The summed E-state index contributed by atoms with van der Waals surface area (Å²) in [6.45, 7) is 0. The molecular weight excluding hydrogens is 322 g/mol. The summed E-state index contributed by atoms with van der Waals surface area (Å²) in [7, 11) is 0. The van der Waals surface area contributed by atoms with Crippen LogP contribution in [0.15, 0.2) is 96.8 Å². The molecule has 3 aromatic rings. The number of carbonyl (C=O) groups excluding carboxylic acids is 1. The molecule has 1 unspecified atom stereocenters. The highest BCUT2D eigenvalue weighted by Gasteiger charge is 2.30. The Labute approximate surface area is 152 Å². The molecule has 1 aliphatic heterocycles. The van der Waals surface area contributed by atoms with Gasteiger partial charge < -0.3 is 10.1 Å². The van der Waals surface area contributed by atoms with E-state index in [0.29, 0.717) is 17.8 Å². The standard InChI is InChI=1S/C23H19NO2/c25-23-22(18-12-6-2-7-13-18)21(26-19-14-8-3-9-15-19)16-20(24-23)17-10-4-1-5-11-17/h1-15,20H,16H2,(H,24,25). The van der Waals surface area contributed by atoms with Gasteiger partial charge in [0.1, 0.15) is 11.5 Å². The summed E-state index contributed by atoms with van der Waals surface area (Å²) in [6, 6.07) is 29.2. The molecule has 1 amide bonds. The van der Waals surface area contributed by atoms with E-state index in [4.69, 9.17) is 4.74 Å². The number of hydrogen-bond donors (Lipinski definition) is 1. The molecule has 0 fully saturated rings. The summed E-state index contributed by atoms with van der Waals surface area (Å²) >= 11 is 0. The first-order valence-corrected chi connectivity index (χ1v) is 8.68. The fourth-order valence-corrected chi connectivity index (χ4v) is 3.20. The number of hydrogen-bond acceptors (Lipinski definition) is 2. The highest BCUT2D eigenvalue weighted by Crippen LogP contribution is 2.34. The van der Waals surface area contributed by atoms with Crippen LogP contribution in [-0.4, -0.2) is 5.91 Å². The van der Waals surface area contributed by atoms with Gasteiger partial charge in [-0.15, -0.1) is 0 Å². The Morgan fingerprint density at radius 1 is 0.769 bits per heavy atom. The van der Waals surface area contributed by atoms with Gasteiger partial charge in [0.15, 0.2) is 0 Å². The van der Waals surface area contributed by atoms with Crippen molar-refractivity contribution in [2.75, 3.05) is 0 Å². The summed E-state index contributed by atoms with van der Waals surface area (Å²) in [5.41, 5.74) is 2.53. The van der Waals surface area contributed by atoms with Gasteiger partial charge in [0.05, 0.1) is 11.6 Å². The van der Waals surface area contributed by atoms with Gasteiger partial charge in [0.2, 0.25) is 0 Å². The zero-order chi connectivity index (χ0) is 17.8. The lowest BCUT2D eigenvalue weighted by Crippen LogP contribution is -2.35. The molecule has 3 heteroatoms. The molecule has 3 nitrogen and oxygen atoms in total. The topological polar surface area (TPSA) is 38.3 Å². The molecule has 1 aliphatic rings. The van der Waals surface area contributed by atoms with Gasteiger partial charge in [-0.3, -0.25) is 4.79 Å². The molecule has 3 aromatic carbocycles.